The lowest BCUT2D eigenvalue weighted by atomic mass is 10.1. The van der Waals surface area contributed by atoms with Gasteiger partial charge in [-0.1, -0.05) is 12.1 Å². The molecule has 0 saturated heterocycles. The largest absolute Gasteiger partial charge is 0.507 e. The lowest BCUT2D eigenvalue weighted by molar-refractivity contribution is -0.136. The molecule has 0 spiro atoms. The van der Waals surface area contributed by atoms with Crippen molar-refractivity contribution in [2.75, 3.05) is 6.54 Å². The minimum Gasteiger partial charge on any atom is -0.507 e. The quantitative estimate of drug-likeness (QED) is 0.707. The summed E-state index contributed by atoms with van der Waals surface area (Å²) >= 11 is 0. The number of carbonyl (C=O) groups is 2. The fourth-order valence-corrected chi connectivity index (χ4v) is 1.99. The molecule has 0 aliphatic heterocycles. The molecule has 0 aliphatic carbocycles. The number of nitrogens with zero attached hydrogens (tertiary/aromatic N) is 2. The molecule has 2 aromatic carbocycles. The topological polar surface area (TPSA) is 111 Å². The molecule has 0 radical (unpaired) electrons. The summed E-state index contributed by atoms with van der Waals surface area (Å²) in [6, 6.07) is 11.0. The number of nitrogens with one attached hydrogen (secondary N) is 1. The normalized spacial score (nSPS) is 10.7. The zero-order valence-corrected chi connectivity index (χ0v) is 13.1. The standard InChI is InChI=1S/C17H17N3O4/c1-2-18-17(24)14-10-13(7-8-15(14)21)20-19-12-5-3-11(4-6-12)9-16(22)23/h3-8,10,21H,2,9H2,1H3,(H,18,24)(H,22,23). The highest BCUT2D eigenvalue weighted by Gasteiger charge is 2.10. The predicted octanol–water partition coefficient (Wildman–Crippen LogP) is 3.18. The van der Waals surface area contributed by atoms with Crippen molar-refractivity contribution < 1.29 is 19.8 Å². The van der Waals surface area contributed by atoms with Crippen molar-refractivity contribution in [1.82, 2.24) is 5.32 Å². The number of carbonyl (C=O) groups excluding carboxylic acids is 1. The van der Waals surface area contributed by atoms with E-state index in [1.54, 1.807) is 37.3 Å². The number of aromatic hydroxyl groups is 1. The number of hydrogen-bond acceptors (Lipinski definition) is 5. The summed E-state index contributed by atoms with van der Waals surface area (Å²) < 4.78 is 0. The Hall–Kier alpha value is -3.22. The van der Waals surface area contributed by atoms with Crippen LogP contribution in [0.15, 0.2) is 52.7 Å². The predicted molar refractivity (Wildman–Crippen MR) is 88.1 cm³/mol. The van der Waals surface area contributed by atoms with Crippen LogP contribution in [0.2, 0.25) is 0 Å². The lowest BCUT2D eigenvalue weighted by Crippen LogP contribution is -2.22. The Bertz CT molecular complexity index is 770. The maximum atomic E-state index is 11.8. The molecule has 0 atom stereocenters. The first kappa shape index (κ1) is 17.1. The Labute approximate surface area is 138 Å². The third-order valence-corrected chi connectivity index (χ3v) is 3.13. The van der Waals surface area contributed by atoms with E-state index in [0.29, 0.717) is 23.5 Å². The Morgan fingerprint density at radius 2 is 1.67 bits per heavy atom. The van der Waals surface area contributed by atoms with E-state index >= 15 is 0 Å². The number of carboxylic acid groups (broad SMARTS) is 1. The van der Waals surface area contributed by atoms with Crippen molar-refractivity contribution in [2.24, 2.45) is 10.2 Å². The first-order valence-electron chi connectivity index (χ1n) is 7.33. The maximum absolute atomic E-state index is 11.8. The number of rotatable bonds is 6. The third-order valence-electron chi connectivity index (χ3n) is 3.13. The highest BCUT2D eigenvalue weighted by molar-refractivity contribution is 5.97. The van der Waals surface area contributed by atoms with Crippen molar-refractivity contribution in [2.45, 2.75) is 13.3 Å². The minimum absolute atomic E-state index is 0.0503. The molecule has 0 saturated carbocycles. The molecule has 7 nitrogen and oxygen atoms in total. The number of carboxylic acids is 1. The van der Waals surface area contributed by atoms with Crippen molar-refractivity contribution in [3.63, 3.8) is 0 Å². The van der Waals surface area contributed by atoms with Crippen LogP contribution in [0.1, 0.15) is 22.8 Å². The van der Waals surface area contributed by atoms with Crippen LogP contribution in [0, 0.1) is 0 Å². The molecule has 2 rings (SSSR count). The summed E-state index contributed by atoms with van der Waals surface area (Å²) in [5.41, 5.74) is 1.77. The minimum atomic E-state index is -0.897. The highest BCUT2D eigenvalue weighted by atomic mass is 16.4. The van der Waals surface area contributed by atoms with Gasteiger partial charge in [-0.3, -0.25) is 9.59 Å². The van der Waals surface area contributed by atoms with E-state index in [9.17, 15) is 14.7 Å². The number of benzene rings is 2. The van der Waals surface area contributed by atoms with Gasteiger partial charge < -0.3 is 15.5 Å². The van der Waals surface area contributed by atoms with Gasteiger partial charge in [0.1, 0.15) is 5.75 Å². The van der Waals surface area contributed by atoms with E-state index in [0.717, 1.165) is 0 Å². The van der Waals surface area contributed by atoms with Gasteiger partial charge in [0.25, 0.3) is 5.91 Å². The third kappa shape index (κ3) is 4.64. The van der Waals surface area contributed by atoms with Gasteiger partial charge in [-0.15, -0.1) is 0 Å². The molecule has 1 amide bonds. The fourth-order valence-electron chi connectivity index (χ4n) is 1.99. The Balaban J connectivity index is 2.15. The highest BCUT2D eigenvalue weighted by Crippen LogP contribution is 2.25. The van der Waals surface area contributed by atoms with E-state index in [1.165, 1.54) is 12.1 Å². The van der Waals surface area contributed by atoms with Crippen LogP contribution in [0.4, 0.5) is 11.4 Å². The lowest BCUT2D eigenvalue weighted by Gasteiger charge is -2.05. The molecule has 0 bridgehead atoms. The molecular formula is C17H17N3O4. The van der Waals surface area contributed by atoms with Crippen LogP contribution in [-0.2, 0) is 11.2 Å². The van der Waals surface area contributed by atoms with Crippen LogP contribution in [0.25, 0.3) is 0 Å². The van der Waals surface area contributed by atoms with Gasteiger partial charge >= 0.3 is 5.97 Å². The second-order valence-corrected chi connectivity index (χ2v) is 5.00. The second kappa shape index (κ2) is 7.87. The van der Waals surface area contributed by atoms with E-state index < -0.39 is 5.97 Å². The van der Waals surface area contributed by atoms with Crippen molar-refractivity contribution in [1.29, 1.82) is 0 Å². The monoisotopic (exact) mass is 327 g/mol. The van der Waals surface area contributed by atoms with Gasteiger partial charge in [0.05, 0.1) is 23.4 Å². The molecule has 0 aromatic heterocycles. The Morgan fingerprint density at radius 3 is 2.29 bits per heavy atom. The summed E-state index contributed by atoms with van der Waals surface area (Å²) in [5.74, 6) is -1.41. The number of phenolic OH excluding ortho intramolecular Hbond substituents is 1. The van der Waals surface area contributed by atoms with Crippen LogP contribution in [0.3, 0.4) is 0 Å². The Morgan fingerprint density at radius 1 is 1.04 bits per heavy atom. The smallest absolute Gasteiger partial charge is 0.307 e. The number of azo groups is 1. The molecule has 0 heterocycles. The molecule has 7 heteroatoms. The fraction of sp³-hybridized carbons (Fsp3) is 0.176. The van der Waals surface area contributed by atoms with Crippen LogP contribution in [0.5, 0.6) is 5.75 Å². The second-order valence-electron chi connectivity index (χ2n) is 5.00. The molecule has 0 fully saturated rings. The zero-order chi connectivity index (χ0) is 17.5. The van der Waals surface area contributed by atoms with Gasteiger partial charge in [0, 0.05) is 6.54 Å². The molecule has 0 unspecified atom stereocenters. The van der Waals surface area contributed by atoms with Crippen molar-refractivity contribution >= 4 is 23.3 Å². The average Bonchev–Trinajstić information content (AvgIpc) is 2.55. The van der Waals surface area contributed by atoms with Crippen molar-refractivity contribution in [3.05, 3.63) is 53.6 Å². The summed E-state index contributed by atoms with van der Waals surface area (Å²) in [7, 11) is 0. The molecule has 124 valence electrons. The summed E-state index contributed by atoms with van der Waals surface area (Å²) in [6.07, 6.45) is -0.0503. The van der Waals surface area contributed by atoms with Crippen LogP contribution in [-0.4, -0.2) is 28.6 Å². The first-order valence-corrected chi connectivity index (χ1v) is 7.33. The van der Waals surface area contributed by atoms with Crippen LogP contribution < -0.4 is 5.32 Å². The molecular weight excluding hydrogens is 310 g/mol. The number of phenols is 1. The van der Waals surface area contributed by atoms with E-state index in [2.05, 4.69) is 15.5 Å². The SMILES string of the molecule is CCNC(=O)c1cc(N=Nc2ccc(CC(=O)O)cc2)ccc1O. The van der Waals surface area contributed by atoms with E-state index in [-0.39, 0.29) is 23.6 Å². The van der Waals surface area contributed by atoms with Crippen LogP contribution >= 0.6 is 0 Å². The van der Waals surface area contributed by atoms with Gasteiger partial charge in [0.2, 0.25) is 0 Å². The summed E-state index contributed by atoms with van der Waals surface area (Å²) in [6.45, 7) is 2.24. The maximum Gasteiger partial charge on any atom is 0.307 e. The number of aliphatic carboxylic acids is 1. The van der Waals surface area contributed by atoms with Gasteiger partial charge in [-0.2, -0.15) is 10.2 Å². The van der Waals surface area contributed by atoms with Gasteiger partial charge in [-0.05, 0) is 42.8 Å². The van der Waals surface area contributed by atoms with Gasteiger partial charge in [-0.25, -0.2) is 0 Å². The summed E-state index contributed by atoms with van der Waals surface area (Å²) in [4.78, 5) is 22.5. The first-order chi connectivity index (χ1) is 11.5. The number of hydrogen-bond donors (Lipinski definition) is 3. The number of amides is 1. The molecule has 24 heavy (non-hydrogen) atoms. The Kier molecular flexibility index (Phi) is 5.62. The molecule has 2 aromatic rings. The average molecular weight is 327 g/mol. The summed E-state index contributed by atoms with van der Waals surface area (Å²) in [5, 5.41) is 29.1. The van der Waals surface area contributed by atoms with E-state index in [4.69, 9.17) is 5.11 Å². The molecule has 3 N–H and O–H groups in total. The van der Waals surface area contributed by atoms with E-state index in [1.807, 2.05) is 0 Å². The molecule has 0 aliphatic rings. The van der Waals surface area contributed by atoms with Gasteiger partial charge in [0.15, 0.2) is 0 Å². The zero-order valence-electron chi connectivity index (χ0n) is 13.1. The van der Waals surface area contributed by atoms with Crippen molar-refractivity contribution in [3.8, 4) is 5.75 Å².